The number of sulfonamides is 1. The van der Waals surface area contributed by atoms with Gasteiger partial charge in [0.15, 0.2) is 0 Å². The van der Waals surface area contributed by atoms with E-state index in [1.54, 1.807) is 18.2 Å². The maximum Gasteiger partial charge on any atom is 0.229 e. The van der Waals surface area contributed by atoms with E-state index < -0.39 is 16.1 Å². The molecule has 44 heavy (non-hydrogen) atoms. The number of aliphatic hydroxyl groups excluding tert-OH is 2. The maximum atomic E-state index is 12.0. The van der Waals surface area contributed by atoms with Gasteiger partial charge in [0.25, 0.3) is 0 Å². The van der Waals surface area contributed by atoms with E-state index in [4.69, 9.17) is 9.47 Å². The van der Waals surface area contributed by atoms with Crippen molar-refractivity contribution in [3.63, 3.8) is 0 Å². The molecule has 0 bridgehead atoms. The van der Waals surface area contributed by atoms with Gasteiger partial charge in [-0.25, -0.2) is 8.42 Å². The summed E-state index contributed by atoms with van der Waals surface area (Å²) in [4.78, 5) is 0. The molecule has 2 atom stereocenters. The molecule has 5 aromatic carbocycles. The van der Waals surface area contributed by atoms with Crippen molar-refractivity contribution in [2.45, 2.75) is 25.2 Å². The largest absolute Gasteiger partial charge is 0.487 e. The van der Waals surface area contributed by atoms with Crippen LogP contribution in [-0.2, 0) is 23.1 Å². The zero-order valence-electron chi connectivity index (χ0n) is 24.4. The summed E-state index contributed by atoms with van der Waals surface area (Å²) >= 11 is 0. The van der Waals surface area contributed by atoms with Crippen LogP contribution in [0.5, 0.6) is 17.2 Å². The van der Waals surface area contributed by atoms with Gasteiger partial charge in [-0.3, -0.25) is 4.72 Å². The standard InChI is InChI=1S/C35H36N2O6S/c1-44(40,41)37-32-21-28(16-19-35(32)42-24-26-8-3-2-4-9-26)33(39)22-36-29(23-38)20-25-14-17-30(18-15-25)43-34-13-7-11-27-10-5-6-12-31(27)34/h2-19,21,29,33,36-39H,20,22-24H2,1H3/t29?,33-/m0/s1. The molecule has 0 spiro atoms. The second-order valence-corrected chi connectivity index (χ2v) is 12.4. The van der Waals surface area contributed by atoms with Gasteiger partial charge in [0, 0.05) is 18.0 Å². The van der Waals surface area contributed by atoms with Crippen LogP contribution in [-0.4, -0.2) is 44.1 Å². The quantitative estimate of drug-likeness (QED) is 0.125. The third-order valence-corrected chi connectivity index (χ3v) is 7.71. The summed E-state index contributed by atoms with van der Waals surface area (Å²) in [5.74, 6) is 1.85. The molecule has 5 aromatic rings. The Hall–Kier alpha value is -4.41. The minimum absolute atomic E-state index is 0.131. The molecule has 0 saturated heterocycles. The monoisotopic (exact) mass is 612 g/mol. The first kappa shape index (κ1) is 31.0. The van der Waals surface area contributed by atoms with Gasteiger partial charge in [-0.05, 0) is 58.8 Å². The fourth-order valence-corrected chi connectivity index (χ4v) is 5.44. The van der Waals surface area contributed by atoms with Crippen LogP contribution in [0.1, 0.15) is 22.8 Å². The number of ether oxygens (including phenoxy) is 2. The highest BCUT2D eigenvalue weighted by molar-refractivity contribution is 7.92. The van der Waals surface area contributed by atoms with E-state index in [0.717, 1.165) is 33.9 Å². The number of rotatable bonds is 14. The van der Waals surface area contributed by atoms with Gasteiger partial charge in [0.05, 0.1) is 24.7 Å². The fraction of sp³-hybridized carbons (Fsp3) is 0.200. The van der Waals surface area contributed by atoms with Crippen LogP contribution < -0.4 is 19.5 Å². The smallest absolute Gasteiger partial charge is 0.229 e. The molecule has 4 N–H and O–H groups in total. The number of nitrogens with one attached hydrogen (secondary N) is 2. The molecule has 5 rings (SSSR count). The lowest BCUT2D eigenvalue weighted by molar-refractivity contribution is 0.158. The van der Waals surface area contributed by atoms with Crippen molar-refractivity contribution < 1.29 is 28.1 Å². The SMILES string of the molecule is CS(=O)(=O)Nc1cc([C@@H](O)CNC(CO)Cc2ccc(Oc3cccc4ccccc34)cc2)ccc1OCc1ccccc1. The average Bonchev–Trinajstić information content (AvgIpc) is 3.03. The van der Waals surface area contributed by atoms with E-state index in [0.29, 0.717) is 23.5 Å². The molecule has 0 saturated carbocycles. The van der Waals surface area contributed by atoms with Gasteiger partial charge in [-0.2, -0.15) is 0 Å². The topological polar surface area (TPSA) is 117 Å². The molecule has 0 aliphatic carbocycles. The summed E-state index contributed by atoms with van der Waals surface area (Å²) in [7, 11) is -3.59. The van der Waals surface area contributed by atoms with Crippen molar-refractivity contribution in [2.24, 2.45) is 0 Å². The zero-order valence-corrected chi connectivity index (χ0v) is 25.2. The Bertz CT molecular complexity index is 1770. The van der Waals surface area contributed by atoms with Crippen molar-refractivity contribution in [1.29, 1.82) is 0 Å². The molecule has 9 heteroatoms. The van der Waals surface area contributed by atoms with Gasteiger partial charge < -0.3 is 25.0 Å². The summed E-state index contributed by atoms with van der Waals surface area (Å²) in [6, 6.07) is 35.9. The molecular weight excluding hydrogens is 576 g/mol. The highest BCUT2D eigenvalue weighted by atomic mass is 32.2. The second-order valence-electron chi connectivity index (χ2n) is 10.6. The van der Waals surface area contributed by atoms with Crippen LogP contribution in [0.3, 0.4) is 0 Å². The molecule has 0 fully saturated rings. The summed E-state index contributed by atoms with van der Waals surface area (Å²) < 4.78 is 38.6. The molecule has 0 amide bonds. The normalized spacial score (nSPS) is 12.9. The van der Waals surface area contributed by atoms with Gasteiger partial charge in [-0.15, -0.1) is 0 Å². The van der Waals surface area contributed by atoms with Crippen molar-refractivity contribution in [1.82, 2.24) is 5.32 Å². The Labute approximate surface area is 258 Å². The average molecular weight is 613 g/mol. The van der Waals surface area contributed by atoms with E-state index in [9.17, 15) is 18.6 Å². The van der Waals surface area contributed by atoms with E-state index >= 15 is 0 Å². The highest BCUT2D eigenvalue weighted by Crippen LogP contribution is 2.31. The van der Waals surface area contributed by atoms with Gasteiger partial charge >= 0.3 is 0 Å². The highest BCUT2D eigenvalue weighted by Gasteiger charge is 2.17. The molecule has 0 heterocycles. The molecule has 0 aromatic heterocycles. The number of hydrogen-bond donors (Lipinski definition) is 4. The lowest BCUT2D eigenvalue weighted by atomic mass is 10.0. The summed E-state index contributed by atoms with van der Waals surface area (Å²) in [5, 5.41) is 26.3. The second kappa shape index (κ2) is 14.4. The Balaban J connectivity index is 1.19. The van der Waals surface area contributed by atoms with E-state index in [1.807, 2.05) is 97.1 Å². The summed E-state index contributed by atoms with van der Waals surface area (Å²) in [6.45, 7) is 0.279. The third-order valence-electron chi connectivity index (χ3n) is 7.12. The van der Waals surface area contributed by atoms with Crippen LogP contribution in [0.25, 0.3) is 10.8 Å². The molecule has 0 aliphatic rings. The Morgan fingerprint density at radius 1 is 0.795 bits per heavy atom. The van der Waals surface area contributed by atoms with E-state index in [1.165, 1.54) is 0 Å². The van der Waals surface area contributed by atoms with Crippen LogP contribution in [0.2, 0.25) is 0 Å². The number of aliphatic hydroxyl groups is 2. The number of fused-ring (bicyclic) bond motifs is 1. The predicted molar refractivity (Wildman–Crippen MR) is 174 cm³/mol. The number of benzene rings is 5. The first-order valence-corrected chi connectivity index (χ1v) is 16.2. The Kier molecular flexibility index (Phi) is 10.1. The molecule has 0 aliphatic heterocycles. The van der Waals surface area contributed by atoms with Crippen LogP contribution in [0, 0.1) is 0 Å². The molecule has 8 nitrogen and oxygen atoms in total. The van der Waals surface area contributed by atoms with E-state index in [-0.39, 0.29) is 31.5 Å². The van der Waals surface area contributed by atoms with Crippen molar-refractivity contribution in [3.05, 3.63) is 132 Å². The fourth-order valence-electron chi connectivity index (χ4n) is 4.88. The van der Waals surface area contributed by atoms with Gasteiger partial charge in [-0.1, -0.05) is 84.9 Å². The lowest BCUT2D eigenvalue weighted by Crippen LogP contribution is -2.37. The lowest BCUT2D eigenvalue weighted by Gasteiger charge is -2.21. The summed E-state index contributed by atoms with van der Waals surface area (Å²) in [6.07, 6.45) is 0.640. The molecule has 1 unspecified atom stereocenters. The Morgan fingerprint density at radius 2 is 1.52 bits per heavy atom. The van der Waals surface area contributed by atoms with Gasteiger partial charge in [0.2, 0.25) is 10.0 Å². The zero-order chi connectivity index (χ0) is 30.9. The van der Waals surface area contributed by atoms with Crippen molar-refractivity contribution in [2.75, 3.05) is 24.1 Å². The molecular formula is C35H36N2O6S. The first-order valence-electron chi connectivity index (χ1n) is 14.3. The first-order chi connectivity index (χ1) is 21.3. The summed E-state index contributed by atoms with van der Waals surface area (Å²) in [5.41, 5.74) is 2.68. The Morgan fingerprint density at radius 3 is 2.27 bits per heavy atom. The minimum atomic E-state index is -3.59. The predicted octanol–water partition coefficient (Wildman–Crippen LogP) is 5.81. The number of anilines is 1. The third kappa shape index (κ3) is 8.58. The minimum Gasteiger partial charge on any atom is -0.487 e. The van der Waals surface area contributed by atoms with Crippen molar-refractivity contribution >= 4 is 26.5 Å². The number of hydrogen-bond acceptors (Lipinski definition) is 7. The van der Waals surface area contributed by atoms with Crippen LogP contribution >= 0.6 is 0 Å². The van der Waals surface area contributed by atoms with Crippen LogP contribution in [0.4, 0.5) is 5.69 Å². The van der Waals surface area contributed by atoms with Crippen molar-refractivity contribution in [3.8, 4) is 17.2 Å². The van der Waals surface area contributed by atoms with Gasteiger partial charge in [0.1, 0.15) is 23.9 Å². The maximum absolute atomic E-state index is 12.0. The molecule has 0 radical (unpaired) electrons. The van der Waals surface area contributed by atoms with Crippen LogP contribution in [0.15, 0.2) is 115 Å². The van der Waals surface area contributed by atoms with E-state index in [2.05, 4.69) is 10.0 Å². The molecule has 228 valence electrons.